The van der Waals surface area contributed by atoms with Crippen LogP contribution in [0.25, 0.3) is 11.3 Å². The van der Waals surface area contributed by atoms with Crippen molar-refractivity contribution in [2.45, 2.75) is 26.2 Å². The number of hydrogen-bond acceptors (Lipinski definition) is 5. The van der Waals surface area contributed by atoms with Gasteiger partial charge in [-0.25, -0.2) is 4.79 Å². The van der Waals surface area contributed by atoms with Gasteiger partial charge in [0, 0.05) is 23.9 Å². The van der Waals surface area contributed by atoms with E-state index in [0.29, 0.717) is 35.4 Å². The predicted molar refractivity (Wildman–Crippen MR) is 96.2 cm³/mol. The molecule has 2 aromatic rings. The molecule has 0 spiro atoms. The first kappa shape index (κ1) is 18.2. The molecule has 0 saturated carbocycles. The monoisotopic (exact) mass is 335 g/mol. The number of nitrogens with zero attached hydrogens (tertiary/aromatic N) is 2. The number of allylic oxidation sites excluding steroid dienone is 1. The molecule has 0 saturated heterocycles. The SMILES string of the molecule is CCC/C(N)=C(\Cc1ccc(-c2ccccc2C#N)nc1)C(=O)OC. The van der Waals surface area contributed by atoms with Crippen molar-refractivity contribution in [1.82, 2.24) is 4.98 Å². The number of esters is 1. The average Bonchev–Trinajstić information content (AvgIpc) is 2.66. The average molecular weight is 335 g/mol. The molecule has 0 amide bonds. The minimum Gasteiger partial charge on any atom is -0.466 e. The summed E-state index contributed by atoms with van der Waals surface area (Å²) in [4.78, 5) is 16.4. The normalized spacial score (nSPS) is 11.4. The second-order valence-electron chi connectivity index (χ2n) is 5.63. The maximum atomic E-state index is 12.0. The highest BCUT2D eigenvalue weighted by Gasteiger charge is 2.15. The van der Waals surface area contributed by atoms with E-state index in [9.17, 15) is 10.1 Å². The fraction of sp³-hybridized carbons (Fsp3) is 0.250. The molecule has 25 heavy (non-hydrogen) atoms. The van der Waals surface area contributed by atoms with Gasteiger partial charge in [-0.2, -0.15) is 5.26 Å². The van der Waals surface area contributed by atoms with E-state index >= 15 is 0 Å². The molecule has 128 valence electrons. The Morgan fingerprint density at radius 1 is 1.28 bits per heavy atom. The molecule has 0 radical (unpaired) electrons. The number of hydrogen-bond donors (Lipinski definition) is 1. The lowest BCUT2D eigenvalue weighted by Gasteiger charge is -2.10. The fourth-order valence-corrected chi connectivity index (χ4v) is 2.56. The summed E-state index contributed by atoms with van der Waals surface area (Å²) in [5.74, 6) is -0.412. The molecule has 0 fully saturated rings. The summed E-state index contributed by atoms with van der Waals surface area (Å²) >= 11 is 0. The van der Waals surface area contributed by atoms with Crippen molar-refractivity contribution in [3.63, 3.8) is 0 Å². The molecule has 2 N–H and O–H groups in total. The number of benzene rings is 1. The van der Waals surface area contributed by atoms with Gasteiger partial charge in [0.2, 0.25) is 0 Å². The smallest absolute Gasteiger partial charge is 0.335 e. The van der Waals surface area contributed by atoms with Crippen LogP contribution in [0.2, 0.25) is 0 Å². The van der Waals surface area contributed by atoms with Crippen molar-refractivity contribution < 1.29 is 9.53 Å². The molecule has 0 unspecified atom stereocenters. The van der Waals surface area contributed by atoms with Crippen molar-refractivity contribution in [3.05, 3.63) is 65.0 Å². The van der Waals surface area contributed by atoms with Gasteiger partial charge in [0.15, 0.2) is 0 Å². The van der Waals surface area contributed by atoms with E-state index in [-0.39, 0.29) is 0 Å². The number of methoxy groups -OCH3 is 1. The second-order valence-corrected chi connectivity index (χ2v) is 5.63. The first-order valence-electron chi connectivity index (χ1n) is 8.11. The molecule has 0 aliphatic rings. The van der Waals surface area contributed by atoms with Crippen LogP contribution in [-0.2, 0) is 16.0 Å². The van der Waals surface area contributed by atoms with Gasteiger partial charge in [0.05, 0.1) is 30.0 Å². The molecule has 0 aliphatic heterocycles. The molecule has 0 aliphatic carbocycles. The van der Waals surface area contributed by atoms with E-state index in [1.54, 1.807) is 12.3 Å². The van der Waals surface area contributed by atoms with Gasteiger partial charge < -0.3 is 10.5 Å². The number of carbonyl (C=O) groups is 1. The highest BCUT2D eigenvalue weighted by atomic mass is 16.5. The number of aromatic nitrogens is 1. The van der Waals surface area contributed by atoms with Crippen LogP contribution in [0.5, 0.6) is 0 Å². The van der Waals surface area contributed by atoms with Crippen LogP contribution in [0.4, 0.5) is 0 Å². The molecule has 2 rings (SSSR count). The molecule has 5 nitrogen and oxygen atoms in total. The Morgan fingerprint density at radius 2 is 2.04 bits per heavy atom. The summed E-state index contributed by atoms with van der Waals surface area (Å²) in [6.45, 7) is 2.00. The highest BCUT2D eigenvalue weighted by Crippen LogP contribution is 2.22. The summed E-state index contributed by atoms with van der Waals surface area (Å²) in [6, 6.07) is 13.2. The summed E-state index contributed by atoms with van der Waals surface area (Å²) in [6.07, 6.45) is 3.57. The number of carbonyl (C=O) groups excluding carboxylic acids is 1. The van der Waals surface area contributed by atoms with Gasteiger partial charge in [-0.15, -0.1) is 0 Å². The van der Waals surface area contributed by atoms with Crippen molar-refractivity contribution in [1.29, 1.82) is 5.26 Å². The van der Waals surface area contributed by atoms with E-state index in [0.717, 1.165) is 17.5 Å². The third-order valence-corrected chi connectivity index (χ3v) is 3.87. The first-order chi connectivity index (χ1) is 12.1. The van der Waals surface area contributed by atoms with Gasteiger partial charge in [0.25, 0.3) is 0 Å². The highest BCUT2D eigenvalue weighted by molar-refractivity contribution is 5.89. The van der Waals surface area contributed by atoms with Gasteiger partial charge in [-0.1, -0.05) is 37.6 Å². The lowest BCUT2D eigenvalue weighted by atomic mass is 10.0. The van der Waals surface area contributed by atoms with Crippen molar-refractivity contribution in [3.8, 4) is 17.3 Å². The Labute approximate surface area is 147 Å². The zero-order valence-electron chi connectivity index (χ0n) is 14.5. The number of pyridine rings is 1. The van der Waals surface area contributed by atoms with E-state index in [4.69, 9.17) is 10.5 Å². The van der Waals surface area contributed by atoms with Crippen molar-refractivity contribution in [2.75, 3.05) is 7.11 Å². The van der Waals surface area contributed by atoms with Crippen molar-refractivity contribution >= 4 is 5.97 Å². The molecule has 5 heteroatoms. The number of ether oxygens (including phenoxy) is 1. The van der Waals surface area contributed by atoms with Gasteiger partial charge in [-0.05, 0) is 24.1 Å². The Bertz CT molecular complexity index is 818. The Kier molecular flexibility index (Phi) is 6.30. The molecule has 0 atom stereocenters. The Morgan fingerprint density at radius 3 is 2.64 bits per heavy atom. The van der Waals surface area contributed by atoms with Crippen LogP contribution >= 0.6 is 0 Å². The van der Waals surface area contributed by atoms with Crippen molar-refractivity contribution in [2.24, 2.45) is 5.73 Å². The van der Waals surface area contributed by atoms with Crippen LogP contribution in [0.1, 0.15) is 30.9 Å². The second kappa shape index (κ2) is 8.65. The minimum atomic E-state index is -0.412. The molecule has 0 bridgehead atoms. The van der Waals surface area contributed by atoms with E-state index in [1.807, 2.05) is 37.3 Å². The van der Waals surface area contributed by atoms with Crippen LogP contribution in [0.15, 0.2) is 53.9 Å². The molecule has 1 heterocycles. The summed E-state index contributed by atoms with van der Waals surface area (Å²) in [7, 11) is 1.35. The maximum Gasteiger partial charge on any atom is 0.335 e. The van der Waals surface area contributed by atoms with Gasteiger partial charge >= 0.3 is 5.97 Å². The fourth-order valence-electron chi connectivity index (χ4n) is 2.56. The molecule has 1 aromatic heterocycles. The number of nitriles is 1. The lowest BCUT2D eigenvalue weighted by molar-refractivity contribution is -0.136. The van der Waals surface area contributed by atoms with E-state index in [1.165, 1.54) is 7.11 Å². The van der Waals surface area contributed by atoms with Gasteiger partial charge in [-0.3, -0.25) is 4.98 Å². The largest absolute Gasteiger partial charge is 0.466 e. The first-order valence-corrected chi connectivity index (χ1v) is 8.11. The Balaban J connectivity index is 2.29. The Hall–Kier alpha value is -3.13. The summed E-state index contributed by atoms with van der Waals surface area (Å²) in [5, 5.41) is 9.20. The number of nitrogens with two attached hydrogens (primary N) is 1. The zero-order valence-corrected chi connectivity index (χ0v) is 14.5. The molecule has 1 aromatic carbocycles. The third-order valence-electron chi connectivity index (χ3n) is 3.87. The van der Waals surface area contributed by atoms with Crippen LogP contribution in [0.3, 0.4) is 0 Å². The minimum absolute atomic E-state index is 0.367. The predicted octanol–water partition coefficient (Wildman–Crippen LogP) is 3.35. The number of rotatable bonds is 6. The maximum absolute atomic E-state index is 12.0. The van der Waals surface area contributed by atoms with E-state index < -0.39 is 5.97 Å². The van der Waals surface area contributed by atoms with Gasteiger partial charge in [0.1, 0.15) is 0 Å². The van der Waals surface area contributed by atoms with Crippen LogP contribution in [-0.4, -0.2) is 18.1 Å². The summed E-state index contributed by atoms with van der Waals surface area (Å²) in [5.41, 5.74) is 9.98. The third kappa shape index (κ3) is 4.45. The lowest BCUT2D eigenvalue weighted by Crippen LogP contribution is -2.15. The van der Waals surface area contributed by atoms with Crippen LogP contribution < -0.4 is 5.73 Å². The standard InChI is InChI=1S/C20H21N3O2/c1-3-6-18(22)17(20(24)25-2)11-14-9-10-19(23-13-14)16-8-5-4-7-15(16)12-21/h4-5,7-10,13H,3,6,11,22H2,1-2H3/b18-17-. The molecular formula is C20H21N3O2. The van der Waals surface area contributed by atoms with Crippen LogP contribution in [0, 0.1) is 11.3 Å². The topological polar surface area (TPSA) is 89.0 Å². The zero-order chi connectivity index (χ0) is 18.2. The quantitative estimate of drug-likeness (QED) is 0.646. The molecular weight excluding hydrogens is 314 g/mol. The van der Waals surface area contributed by atoms with E-state index in [2.05, 4.69) is 11.1 Å². The summed E-state index contributed by atoms with van der Waals surface area (Å²) < 4.78 is 4.84.